The maximum Gasteiger partial charge on any atom is 0.228 e. The van der Waals surface area contributed by atoms with Gasteiger partial charge in [0.05, 0.1) is 11.4 Å². The molecular weight excluding hydrogens is 274 g/mol. The zero-order chi connectivity index (χ0) is 15.9. The number of nitrogens with zero attached hydrogens (tertiary/aromatic N) is 1. The minimum Gasteiger partial charge on any atom is -0.369 e. The van der Waals surface area contributed by atoms with Crippen molar-refractivity contribution in [3.63, 3.8) is 0 Å². The number of hydrogen-bond donors (Lipinski definition) is 2. The first-order chi connectivity index (χ1) is 10.6. The molecule has 0 fully saturated rings. The van der Waals surface area contributed by atoms with Crippen molar-refractivity contribution in [3.05, 3.63) is 60.2 Å². The Morgan fingerprint density at radius 2 is 1.77 bits per heavy atom. The van der Waals surface area contributed by atoms with E-state index in [0.717, 1.165) is 17.9 Å². The Bertz CT molecular complexity index is 613. The van der Waals surface area contributed by atoms with Crippen LogP contribution in [0.3, 0.4) is 0 Å². The minimum atomic E-state index is -0.201. The molecule has 2 aromatic rings. The van der Waals surface area contributed by atoms with E-state index in [1.807, 2.05) is 56.4 Å². The topological polar surface area (TPSA) is 58.4 Å². The van der Waals surface area contributed by atoms with Crippen LogP contribution >= 0.6 is 0 Å². The van der Waals surface area contributed by atoms with Crippen LogP contribution < -0.4 is 16.0 Å². The molecule has 0 aliphatic rings. The summed E-state index contributed by atoms with van der Waals surface area (Å²) in [6, 6.07) is 18.1. The highest BCUT2D eigenvalue weighted by molar-refractivity contribution is 5.95. The number of carbonyl (C=O) groups excluding carboxylic acids is 1. The van der Waals surface area contributed by atoms with E-state index >= 15 is 0 Å². The zero-order valence-corrected chi connectivity index (χ0v) is 13.1. The average molecular weight is 297 g/mol. The first-order valence-corrected chi connectivity index (χ1v) is 7.47. The highest BCUT2D eigenvalue weighted by Gasteiger charge is 2.14. The van der Waals surface area contributed by atoms with E-state index in [1.165, 1.54) is 5.56 Å². The molecule has 4 nitrogen and oxygen atoms in total. The molecule has 116 valence electrons. The fourth-order valence-corrected chi connectivity index (χ4v) is 2.22. The molecule has 0 heterocycles. The molecule has 2 aromatic carbocycles. The fourth-order valence-electron chi connectivity index (χ4n) is 2.22. The van der Waals surface area contributed by atoms with Gasteiger partial charge in [-0.2, -0.15) is 0 Å². The molecule has 0 aromatic heterocycles. The smallest absolute Gasteiger partial charge is 0.228 e. The Hall–Kier alpha value is -2.33. The van der Waals surface area contributed by atoms with Crippen molar-refractivity contribution >= 4 is 17.3 Å². The molecule has 1 amide bonds. The summed E-state index contributed by atoms with van der Waals surface area (Å²) in [5.41, 5.74) is 8.58. The van der Waals surface area contributed by atoms with Gasteiger partial charge in [-0.1, -0.05) is 49.4 Å². The monoisotopic (exact) mass is 297 g/mol. The van der Waals surface area contributed by atoms with Gasteiger partial charge < -0.3 is 16.0 Å². The van der Waals surface area contributed by atoms with Gasteiger partial charge in [0.2, 0.25) is 5.91 Å². The number of para-hydroxylation sites is 2. The SMILES string of the molecule is CC(CN)C(=O)Nc1ccccc1N(C)Cc1ccccc1. The lowest BCUT2D eigenvalue weighted by Gasteiger charge is -2.23. The van der Waals surface area contributed by atoms with Crippen LogP contribution in [0, 0.1) is 5.92 Å². The largest absolute Gasteiger partial charge is 0.369 e. The van der Waals surface area contributed by atoms with Crippen LogP contribution in [0.25, 0.3) is 0 Å². The van der Waals surface area contributed by atoms with Gasteiger partial charge >= 0.3 is 0 Å². The van der Waals surface area contributed by atoms with Crippen LogP contribution in [-0.2, 0) is 11.3 Å². The molecule has 0 radical (unpaired) electrons. The normalized spacial score (nSPS) is 11.8. The third kappa shape index (κ3) is 4.09. The van der Waals surface area contributed by atoms with Crippen LogP contribution in [0.4, 0.5) is 11.4 Å². The molecule has 1 unspecified atom stereocenters. The van der Waals surface area contributed by atoms with Crippen molar-refractivity contribution in [2.24, 2.45) is 11.7 Å². The van der Waals surface area contributed by atoms with Gasteiger partial charge in [-0.25, -0.2) is 0 Å². The van der Waals surface area contributed by atoms with Crippen LogP contribution in [0.5, 0.6) is 0 Å². The van der Waals surface area contributed by atoms with Crippen LogP contribution in [-0.4, -0.2) is 19.5 Å². The summed E-state index contributed by atoms with van der Waals surface area (Å²) < 4.78 is 0. The summed E-state index contributed by atoms with van der Waals surface area (Å²) in [5, 5.41) is 2.97. The summed E-state index contributed by atoms with van der Waals surface area (Å²) in [5.74, 6) is -0.254. The lowest BCUT2D eigenvalue weighted by molar-refractivity contribution is -0.119. The molecule has 1 atom stereocenters. The highest BCUT2D eigenvalue weighted by atomic mass is 16.1. The van der Waals surface area contributed by atoms with Crippen LogP contribution in [0.2, 0.25) is 0 Å². The predicted octanol–water partition coefficient (Wildman–Crippen LogP) is 2.86. The molecule has 0 aliphatic heterocycles. The molecule has 0 bridgehead atoms. The summed E-state index contributed by atoms with van der Waals surface area (Å²) >= 11 is 0. The average Bonchev–Trinajstić information content (AvgIpc) is 2.55. The van der Waals surface area contributed by atoms with Crippen LogP contribution in [0.15, 0.2) is 54.6 Å². The first kappa shape index (κ1) is 16.0. The third-order valence-electron chi connectivity index (χ3n) is 3.64. The summed E-state index contributed by atoms with van der Waals surface area (Å²) in [6.45, 7) is 2.94. The lowest BCUT2D eigenvalue weighted by Crippen LogP contribution is -2.27. The number of anilines is 2. The van der Waals surface area contributed by atoms with E-state index in [1.54, 1.807) is 0 Å². The maximum absolute atomic E-state index is 12.1. The van der Waals surface area contributed by atoms with Gasteiger partial charge in [-0.3, -0.25) is 4.79 Å². The van der Waals surface area contributed by atoms with E-state index in [-0.39, 0.29) is 11.8 Å². The van der Waals surface area contributed by atoms with E-state index in [4.69, 9.17) is 5.73 Å². The van der Waals surface area contributed by atoms with E-state index in [2.05, 4.69) is 22.3 Å². The Kier molecular flexibility index (Phi) is 5.55. The van der Waals surface area contributed by atoms with E-state index in [9.17, 15) is 4.79 Å². The van der Waals surface area contributed by atoms with Crippen molar-refractivity contribution in [3.8, 4) is 0 Å². The standard InChI is InChI=1S/C18H23N3O/c1-14(12-19)18(22)20-16-10-6-7-11-17(16)21(2)13-15-8-4-3-5-9-15/h3-11,14H,12-13,19H2,1-2H3,(H,20,22). The molecule has 0 saturated heterocycles. The third-order valence-corrected chi connectivity index (χ3v) is 3.64. The number of nitrogens with one attached hydrogen (secondary N) is 1. The molecule has 0 spiro atoms. The second-order valence-electron chi connectivity index (χ2n) is 5.48. The van der Waals surface area contributed by atoms with Crippen LogP contribution in [0.1, 0.15) is 12.5 Å². The quantitative estimate of drug-likeness (QED) is 0.862. The number of hydrogen-bond acceptors (Lipinski definition) is 3. The van der Waals surface area contributed by atoms with Crippen molar-refractivity contribution in [2.45, 2.75) is 13.5 Å². The fraction of sp³-hybridized carbons (Fsp3) is 0.278. The van der Waals surface area contributed by atoms with Gasteiger partial charge in [-0.05, 0) is 17.7 Å². The summed E-state index contributed by atoms with van der Waals surface area (Å²) in [6.07, 6.45) is 0. The predicted molar refractivity (Wildman–Crippen MR) is 91.8 cm³/mol. The Balaban J connectivity index is 2.15. The van der Waals surface area contributed by atoms with Crippen molar-refractivity contribution < 1.29 is 4.79 Å². The van der Waals surface area contributed by atoms with Crippen molar-refractivity contribution in [1.82, 2.24) is 0 Å². The van der Waals surface area contributed by atoms with Gasteiger partial charge in [0, 0.05) is 26.1 Å². The number of rotatable bonds is 6. The molecule has 0 aliphatic carbocycles. The maximum atomic E-state index is 12.1. The molecule has 4 heteroatoms. The minimum absolute atomic E-state index is 0.0527. The molecular formula is C18H23N3O. The lowest BCUT2D eigenvalue weighted by atomic mass is 10.1. The molecule has 2 rings (SSSR count). The molecule has 22 heavy (non-hydrogen) atoms. The van der Waals surface area contributed by atoms with Gasteiger partial charge in [0.25, 0.3) is 0 Å². The Labute approximate surface area is 131 Å². The molecule has 3 N–H and O–H groups in total. The number of amides is 1. The second-order valence-corrected chi connectivity index (χ2v) is 5.48. The molecule has 0 saturated carbocycles. The van der Waals surface area contributed by atoms with E-state index < -0.39 is 0 Å². The van der Waals surface area contributed by atoms with Gasteiger partial charge in [-0.15, -0.1) is 0 Å². The van der Waals surface area contributed by atoms with Crippen molar-refractivity contribution in [1.29, 1.82) is 0 Å². The zero-order valence-electron chi connectivity index (χ0n) is 13.1. The summed E-state index contributed by atoms with van der Waals surface area (Å²) in [4.78, 5) is 14.2. The van der Waals surface area contributed by atoms with Crippen molar-refractivity contribution in [2.75, 3.05) is 23.8 Å². The summed E-state index contributed by atoms with van der Waals surface area (Å²) in [7, 11) is 2.02. The number of benzene rings is 2. The number of carbonyl (C=O) groups is 1. The Morgan fingerprint density at radius 1 is 1.14 bits per heavy atom. The second kappa shape index (κ2) is 7.61. The van der Waals surface area contributed by atoms with Gasteiger partial charge in [0.1, 0.15) is 0 Å². The first-order valence-electron chi connectivity index (χ1n) is 7.47. The van der Waals surface area contributed by atoms with E-state index in [0.29, 0.717) is 6.54 Å². The highest BCUT2D eigenvalue weighted by Crippen LogP contribution is 2.26. The Morgan fingerprint density at radius 3 is 2.45 bits per heavy atom. The number of nitrogens with two attached hydrogens (primary N) is 1. The van der Waals surface area contributed by atoms with Gasteiger partial charge in [0.15, 0.2) is 0 Å².